The average molecular weight is 374 g/mol. The van der Waals surface area contributed by atoms with Gasteiger partial charge in [0.15, 0.2) is 0 Å². The van der Waals surface area contributed by atoms with Crippen molar-refractivity contribution in [1.29, 1.82) is 0 Å². The van der Waals surface area contributed by atoms with E-state index >= 15 is 0 Å². The first kappa shape index (κ1) is 17.6. The molecule has 0 radical (unpaired) electrons. The Morgan fingerprint density at radius 2 is 2.08 bits per heavy atom. The van der Waals surface area contributed by atoms with Crippen molar-refractivity contribution in [2.45, 2.75) is 26.8 Å². The number of thiocarbonyl (C=S) groups is 1. The number of amides is 1. The Kier molecular flexibility index (Phi) is 4.66. The highest BCUT2D eigenvalue weighted by molar-refractivity contribution is 8.26. The standard InChI is InChI=1S/C17H18N4O2S2/c1-9(2)18-13-11(8-12-16(23)20(4)17(24)25-12)15(22)21-7-5-6-10(3)14(21)19-13/h5-9,18H,1-4H3/b12-8-. The summed E-state index contributed by atoms with van der Waals surface area (Å²) in [5, 5.41) is 3.21. The van der Waals surface area contributed by atoms with E-state index in [1.165, 1.54) is 21.1 Å². The molecule has 6 nitrogen and oxygen atoms in total. The van der Waals surface area contributed by atoms with Crippen LogP contribution in [0.1, 0.15) is 25.0 Å². The number of carbonyl (C=O) groups is 1. The van der Waals surface area contributed by atoms with Crippen molar-refractivity contribution in [3.63, 3.8) is 0 Å². The van der Waals surface area contributed by atoms with Crippen molar-refractivity contribution in [2.75, 3.05) is 12.4 Å². The predicted octanol–water partition coefficient (Wildman–Crippen LogP) is 2.65. The summed E-state index contributed by atoms with van der Waals surface area (Å²) in [6, 6.07) is 3.80. The molecule has 8 heteroatoms. The van der Waals surface area contributed by atoms with Crippen LogP contribution in [0, 0.1) is 6.92 Å². The molecule has 1 aliphatic rings. The molecule has 0 aromatic carbocycles. The Bertz CT molecular complexity index is 979. The molecule has 25 heavy (non-hydrogen) atoms. The van der Waals surface area contributed by atoms with E-state index in [1.807, 2.05) is 26.8 Å². The fourth-order valence-electron chi connectivity index (χ4n) is 2.50. The molecule has 0 unspecified atom stereocenters. The van der Waals surface area contributed by atoms with Crippen molar-refractivity contribution >= 4 is 51.7 Å². The predicted molar refractivity (Wildman–Crippen MR) is 106 cm³/mol. The number of nitrogens with one attached hydrogen (secondary N) is 1. The Morgan fingerprint density at radius 1 is 1.36 bits per heavy atom. The number of pyridine rings is 1. The lowest BCUT2D eigenvalue weighted by Gasteiger charge is -2.14. The van der Waals surface area contributed by atoms with Crippen LogP contribution in [-0.2, 0) is 4.79 Å². The van der Waals surface area contributed by atoms with Gasteiger partial charge < -0.3 is 5.32 Å². The Hall–Kier alpha value is -2.19. The smallest absolute Gasteiger partial charge is 0.267 e. The van der Waals surface area contributed by atoms with E-state index in [2.05, 4.69) is 10.3 Å². The van der Waals surface area contributed by atoms with E-state index in [9.17, 15) is 9.59 Å². The molecular formula is C17H18N4O2S2. The van der Waals surface area contributed by atoms with Gasteiger partial charge in [0.25, 0.3) is 11.5 Å². The van der Waals surface area contributed by atoms with E-state index in [4.69, 9.17) is 12.2 Å². The molecule has 0 bridgehead atoms. The van der Waals surface area contributed by atoms with Crippen LogP contribution in [0.25, 0.3) is 11.7 Å². The van der Waals surface area contributed by atoms with Gasteiger partial charge in [-0.3, -0.25) is 18.9 Å². The van der Waals surface area contributed by atoms with E-state index in [0.29, 0.717) is 26.3 Å². The largest absolute Gasteiger partial charge is 0.367 e. The number of carbonyl (C=O) groups excluding carboxylic acids is 1. The van der Waals surface area contributed by atoms with Crippen LogP contribution in [0.2, 0.25) is 0 Å². The molecule has 0 spiro atoms. The van der Waals surface area contributed by atoms with Gasteiger partial charge in [0.1, 0.15) is 15.8 Å². The summed E-state index contributed by atoms with van der Waals surface area (Å²) in [7, 11) is 1.63. The van der Waals surface area contributed by atoms with Crippen molar-refractivity contribution < 1.29 is 4.79 Å². The molecule has 1 amide bonds. The summed E-state index contributed by atoms with van der Waals surface area (Å²) in [5.41, 5.74) is 1.62. The fraction of sp³-hybridized carbons (Fsp3) is 0.294. The third-order valence-electron chi connectivity index (χ3n) is 3.77. The molecule has 0 saturated carbocycles. The molecule has 130 valence electrons. The van der Waals surface area contributed by atoms with Gasteiger partial charge in [-0.1, -0.05) is 30.0 Å². The van der Waals surface area contributed by atoms with Gasteiger partial charge in [0, 0.05) is 19.3 Å². The van der Waals surface area contributed by atoms with Gasteiger partial charge in [-0.15, -0.1) is 0 Å². The fourth-order valence-corrected chi connectivity index (χ4v) is 3.66. The maximum absolute atomic E-state index is 13.0. The van der Waals surface area contributed by atoms with Crippen molar-refractivity contribution in [3.8, 4) is 0 Å². The van der Waals surface area contributed by atoms with E-state index < -0.39 is 0 Å². The van der Waals surface area contributed by atoms with Gasteiger partial charge in [-0.2, -0.15) is 0 Å². The molecule has 1 aliphatic heterocycles. The SMILES string of the molecule is Cc1cccn2c(=O)c(/C=C3\SC(=S)N(C)C3=O)c(NC(C)C)nc12. The summed E-state index contributed by atoms with van der Waals surface area (Å²) in [5.74, 6) is 0.259. The lowest BCUT2D eigenvalue weighted by molar-refractivity contribution is -0.121. The molecule has 1 saturated heterocycles. The lowest BCUT2D eigenvalue weighted by Crippen LogP contribution is -2.24. The number of thioether (sulfide) groups is 1. The monoisotopic (exact) mass is 374 g/mol. The molecule has 0 atom stereocenters. The van der Waals surface area contributed by atoms with Crippen LogP contribution in [0.4, 0.5) is 5.82 Å². The first-order chi connectivity index (χ1) is 11.8. The minimum absolute atomic E-state index is 0.0891. The minimum atomic E-state index is -0.224. The van der Waals surface area contributed by atoms with Crippen molar-refractivity contribution in [3.05, 3.63) is 44.7 Å². The highest BCUT2D eigenvalue weighted by atomic mass is 32.2. The van der Waals surface area contributed by atoms with Crippen LogP contribution in [0.15, 0.2) is 28.0 Å². The van der Waals surface area contributed by atoms with Gasteiger partial charge in [0.05, 0.1) is 10.5 Å². The zero-order chi connectivity index (χ0) is 18.3. The van der Waals surface area contributed by atoms with E-state index in [0.717, 1.165) is 5.56 Å². The van der Waals surface area contributed by atoms with E-state index in [-0.39, 0.29) is 17.5 Å². The number of fused-ring (bicyclic) bond motifs is 1. The van der Waals surface area contributed by atoms with Crippen molar-refractivity contribution in [2.24, 2.45) is 0 Å². The van der Waals surface area contributed by atoms with Crippen molar-refractivity contribution in [1.82, 2.24) is 14.3 Å². The molecule has 3 rings (SSSR count). The average Bonchev–Trinajstić information content (AvgIpc) is 2.79. The molecule has 0 aliphatic carbocycles. The number of aromatic nitrogens is 2. The van der Waals surface area contributed by atoms with Gasteiger partial charge in [0.2, 0.25) is 0 Å². The molecule has 1 fully saturated rings. The second kappa shape index (κ2) is 6.61. The Labute approximate surface area is 154 Å². The van der Waals surface area contributed by atoms with Crippen LogP contribution in [0.3, 0.4) is 0 Å². The molecule has 1 N–H and O–H groups in total. The van der Waals surface area contributed by atoms with Crippen LogP contribution in [0.5, 0.6) is 0 Å². The first-order valence-corrected chi connectivity index (χ1v) is 9.02. The third kappa shape index (κ3) is 3.19. The zero-order valence-corrected chi connectivity index (χ0v) is 16.0. The first-order valence-electron chi connectivity index (χ1n) is 7.79. The summed E-state index contributed by atoms with van der Waals surface area (Å²) in [4.78, 5) is 31.7. The maximum atomic E-state index is 13.0. The zero-order valence-electron chi connectivity index (χ0n) is 14.4. The molecule has 3 heterocycles. The second-order valence-corrected chi connectivity index (χ2v) is 7.78. The molecule has 2 aromatic heterocycles. The lowest BCUT2D eigenvalue weighted by atomic mass is 10.2. The summed E-state index contributed by atoms with van der Waals surface area (Å²) < 4.78 is 1.97. The highest BCUT2D eigenvalue weighted by Crippen LogP contribution is 2.32. The minimum Gasteiger partial charge on any atom is -0.367 e. The summed E-state index contributed by atoms with van der Waals surface area (Å²) >= 11 is 6.34. The maximum Gasteiger partial charge on any atom is 0.267 e. The number of hydrogen-bond acceptors (Lipinski definition) is 6. The van der Waals surface area contributed by atoms with Crippen LogP contribution < -0.4 is 10.9 Å². The summed E-state index contributed by atoms with van der Waals surface area (Å²) in [6.45, 7) is 5.84. The highest BCUT2D eigenvalue weighted by Gasteiger charge is 2.29. The molecular weight excluding hydrogens is 356 g/mol. The number of hydrogen-bond donors (Lipinski definition) is 1. The topological polar surface area (TPSA) is 66.7 Å². The number of rotatable bonds is 3. The van der Waals surface area contributed by atoms with Crippen LogP contribution >= 0.6 is 24.0 Å². The van der Waals surface area contributed by atoms with E-state index in [1.54, 1.807) is 25.4 Å². The number of nitrogens with zero attached hydrogens (tertiary/aromatic N) is 3. The van der Waals surface area contributed by atoms with Gasteiger partial charge in [-0.25, -0.2) is 4.98 Å². The number of anilines is 1. The number of aryl methyl sites for hydroxylation is 1. The normalized spacial score (nSPS) is 16.5. The van der Waals surface area contributed by atoms with Gasteiger partial charge in [-0.05, 0) is 38.5 Å². The molecule has 2 aromatic rings. The van der Waals surface area contributed by atoms with Gasteiger partial charge >= 0.3 is 0 Å². The Morgan fingerprint density at radius 3 is 2.68 bits per heavy atom. The third-order valence-corrected chi connectivity index (χ3v) is 5.26. The quantitative estimate of drug-likeness (QED) is 0.658. The number of likely N-dealkylation sites (N-methyl/N-ethyl adjacent to an activating group) is 1. The van der Waals surface area contributed by atoms with Crippen LogP contribution in [-0.4, -0.2) is 37.6 Å². The Balaban J connectivity index is 2.26. The summed E-state index contributed by atoms with van der Waals surface area (Å²) in [6.07, 6.45) is 3.26. The second-order valence-electron chi connectivity index (χ2n) is 6.10.